The van der Waals surface area contributed by atoms with E-state index in [1.807, 2.05) is 0 Å². The van der Waals surface area contributed by atoms with Gasteiger partial charge in [0, 0.05) is 5.88 Å². The van der Waals surface area contributed by atoms with Gasteiger partial charge in [-0.25, -0.2) is 18.4 Å². The minimum Gasteiger partial charge on any atom is -0.225 e. The monoisotopic (exact) mass is 254 g/mol. The van der Waals surface area contributed by atoms with Crippen LogP contribution in [0, 0.1) is 0 Å². The number of hydrogen-bond donors (Lipinski definition) is 0. The van der Waals surface area contributed by atoms with Crippen LogP contribution in [-0.2, 0) is 9.84 Å². The van der Waals surface area contributed by atoms with Crippen molar-refractivity contribution in [3.05, 3.63) is 17.4 Å². The predicted octanol–water partition coefficient (Wildman–Crippen LogP) is 1.53. The number of rotatable bonds is 3. The number of aromatic nitrogens is 2. The zero-order valence-corrected chi connectivity index (χ0v) is 9.64. The van der Waals surface area contributed by atoms with E-state index in [0.717, 1.165) is 0 Å². The molecular formula is C7H8Cl2N2O2S. The van der Waals surface area contributed by atoms with Crippen molar-refractivity contribution in [2.24, 2.45) is 0 Å². The maximum absolute atomic E-state index is 11.6. The molecule has 14 heavy (non-hydrogen) atoms. The van der Waals surface area contributed by atoms with Crippen LogP contribution in [0.4, 0.5) is 0 Å². The van der Waals surface area contributed by atoms with Crippen molar-refractivity contribution in [2.45, 2.75) is 17.3 Å². The summed E-state index contributed by atoms with van der Waals surface area (Å²) in [5.74, 6) is 0.00825. The van der Waals surface area contributed by atoms with Gasteiger partial charge in [0.25, 0.3) is 0 Å². The van der Waals surface area contributed by atoms with Crippen LogP contribution in [0.1, 0.15) is 6.92 Å². The number of hydrogen-bond acceptors (Lipinski definition) is 4. The first-order chi connectivity index (χ1) is 6.48. The van der Waals surface area contributed by atoms with Gasteiger partial charge in [-0.2, -0.15) is 0 Å². The molecule has 0 amide bonds. The van der Waals surface area contributed by atoms with E-state index >= 15 is 0 Å². The van der Waals surface area contributed by atoms with Crippen molar-refractivity contribution >= 4 is 33.0 Å². The Balaban J connectivity index is 3.11. The molecule has 0 aliphatic carbocycles. The molecule has 0 radical (unpaired) electrons. The molecule has 1 atom stereocenters. The highest BCUT2D eigenvalue weighted by molar-refractivity contribution is 7.91. The molecule has 7 heteroatoms. The average molecular weight is 255 g/mol. The van der Waals surface area contributed by atoms with Gasteiger partial charge < -0.3 is 0 Å². The molecule has 0 bridgehead atoms. The SMILES string of the molecule is CC(CCl)S(=O)(=O)c1ncc(Cl)cn1. The Morgan fingerprint density at radius 1 is 1.43 bits per heavy atom. The van der Waals surface area contributed by atoms with Crippen molar-refractivity contribution in [2.75, 3.05) is 5.88 Å². The molecule has 1 aromatic rings. The summed E-state index contributed by atoms with van der Waals surface area (Å²) in [5.41, 5.74) is 0. The van der Waals surface area contributed by atoms with E-state index in [2.05, 4.69) is 9.97 Å². The van der Waals surface area contributed by atoms with E-state index in [9.17, 15) is 8.42 Å². The molecule has 0 N–H and O–H groups in total. The highest BCUT2D eigenvalue weighted by Gasteiger charge is 2.25. The first kappa shape index (κ1) is 11.7. The maximum Gasteiger partial charge on any atom is 0.247 e. The van der Waals surface area contributed by atoms with Crippen molar-refractivity contribution in [1.82, 2.24) is 9.97 Å². The summed E-state index contributed by atoms with van der Waals surface area (Å²) in [6.45, 7) is 1.50. The van der Waals surface area contributed by atoms with Crippen LogP contribution in [0.5, 0.6) is 0 Å². The highest BCUT2D eigenvalue weighted by Crippen LogP contribution is 2.13. The van der Waals surface area contributed by atoms with Crippen LogP contribution < -0.4 is 0 Å². The van der Waals surface area contributed by atoms with Gasteiger partial charge in [0.05, 0.1) is 22.7 Å². The Labute approximate surface area is 92.2 Å². The first-order valence-electron chi connectivity index (χ1n) is 3.76. The summed E-state index contributed by atoms with van der Waals surface area (Å²) in [6, 6.07) is 0. The second kappa shape index (κ2) is 4.42. The molecule has 1 aromatic heterocycles. The molecule has 78 valence electrons. The van der Waals surface area contributed by atoms with Crippen molar-refractivity contribution < 1.29 is 8.42 Å². The standard InChI is InChI=1S/C7H8Cl2N2O2S/c1-5(2-8)14(12,13)7-10-3-6(9)4-11-7/h3-5H,2H2,1H3. The number of nitrogens with zero attached hydrogens (tertiary/aromatic N) is 2. The topological polar surface area (TPSA) is 59.9 Å². The molecule has 0 aliphatic rings. The van der Waals surface area contributed by atoms with Crippen LogP contribution in [0.15, 0.2) is 17.6 Å². The molecular weight excluding hydrogens is 247 g/mol. The first-order valence-corrected chi connectivity index (χ1v) is 6.21. The van der Waals surface area contributed by atoms with Crippen molar-refractivity contribution in [3.63, 3.8) is 0 Å². The molecule has 1 rings (SSSR count). The van der Waals surface area contributed by atoms with Gasteiger partial charge >= 0.3 is 0 Å². The highest BCUT2D eigenvalue weighted by atomic mass is 35.5. The average Bonchev–Trinajstić information content (AvgIpc) is 2.17. The third kappa shape index (κ3) is 2.34. The third-order valence-corrected chi connectivity index (χ3v) is 4.39. The lowest BCUT2D eigenvalue weighted by atomic mass is 10.6. The van der Waals surface area contributed by atoms with Gasteiger partial charge in [0.2, 0.25) is 15.0 Å². The minimum atomic E-state index is -3.52. The molecule has 0 fully saturated rings. The van der Waals surface area contributed by atoms with Gasteiger partial charge in [-0.05, 0) is 6.92 Å². The van der Waals surface area contributed by atoms with Crippen molar-refractivity contribution in [1.29, 1.82) is 0 Å². The Hall–Kier alpha value is -0.390. The molecule has 0 aromatic carbocycles. The summed E-state index contributed by atoms with van der Waals surface area (Å²) in [7, 11) is -3.52. The lowest BCUT2D eigenvalue weighted by molar-refractivity contribution is 0.578. The van der Waals surface area contributed by atoms with Crippen LogP contribution in [0.2, 0.25) is 5.02 Å². The molecule has 4 nitrogen and oxygen atoms in total. The zero-order valence-electron chi connectivity index (χ0n) is 7.31. The quantitative estimate of drug-likeness (QED) is 0.607. The summed E-state index contributed by atoms with van der Waals surface area (Å²) < 4.78 is 23.2. The van der Waals surface area contributed by atoms with E-state index in [1.165, 1.54) is 19.3 Å². The molecule has 0 aliphatic heterocycles. The summed E-state index contributed by atoms with van der Waals surface area (Å²) >= 11 is 11.0. The summed E-state index contributed by atoms with van der Waals surface area (Å²) in [6.07, 6.45) is 2.48. The van der Waals surface area contributed by atoms with Crippen LogP contribution >= 0.6 is 23.2 Å². The Bertz CT molecular complexity index is 404. The fraction of sp³-hybridized carbons (Fsp3) is 0.429. The van der Waals surface area contributed by atoms with E-state index in [1.54, 1.807) is 0 Å². The Morgan fingerprint density at radius 3 is 2.36 bits per heavy atom. The number of alkyl halides is 1. The number of halogens is 2. The van der Waals surface area contributed by atoms with Gasteiger partial charge in [-0.15, -0.1) is 11.6 Å². The lowest BCUT2D eigenvalue weighted by Crippen LogP contribution is -2.21. The number of sulfone groups is 1. The smallest absolute Gasteiger partial charge is 0.225 e. The molecule has 1 unspecified atom stereocenters. The Morgan fingerprint density at radius 2 is 1.93 bits per heavy atom. The maximum atomic E-state index is 11.6. The van der Waals surface area contributed by atoms with Gasteiger partial charge in [-0.3, -0.25) is 0 Å². The van der Waals surface area contributed by atoms with Crippen molar-refractivity contribution in [3.8, 4) is 0 Å². The van der Waals surface area contributed by atoms with E-state index in [0.29, 0.717) is 5.02 Å². The van der Waals surface area contributed by atoms with Gasteiger partial charge in [0.1, 0.15) is 0 Å². The predicted molar refractivity (Wildman–Crippen MR) is 54.4 cm³/mol. The second-order valence-corrected chi connectivity index (χ2v) is 5.70. The molecule has 0 spiro atoms. The fourth-order valence-electron chi connectivity index (χ4n) is 0.710. The molecule has 1 heterocycles. The van der Waals surface area contributed by atoms with E-state index in [-0.39, 0.29) is 11.0 Å². The third-order valence-electron chi connectivity index (χ3n) is 1.60. The normalized spacial score (nSPS) is 13.9. The van der Waals surface area contributed by atoms with E-state index < -0.39 is 15.1 Å². The molecule has 0 saturated heterocycles. The van der Waals surface area contributed by atoms with Crippen LogP contribution in [0.25, 0.3) is 0 Å². The lowest BCUT2D eigenvalue weighted by Gasteiger charge is -2.06. The van der Waals surface area contributed by atoms with Gasteiger partial charge in [0.15, 0.2) is 0 Å². The zero-order chi connectivity index (χ0) is 10.8. The second-order valence-electron chi connectivity index (χ2n) is 2.69. The summed E-state index contributed by atoms with van der Waals surface area (Å²) in [5, 5.41) is -0.650. The van der Waals surface area contributed by atoms with Crippen LogP contribution in [-0.4, -0.2) is 29.5 Å². The summed E-state index contributed by atoms with van der Waals surface area (Å²) in [4.78, 5) is 7.26. The largest absolute Gasteiger partial charge is 0.247 e. The van der Waals surface area contributed by atoms with Gasteiger partial charge in [-0.1, -0.05) is 11.6 Å². The van der Waals surface area contributed by atoms with Crippen LogP contribution in [0.3, 0.4) is 0 Å². The Kier molecular flexibility index (Phi) is 3.69. The fourth-order valence-corrected chi connectivity index (χ4v) is 2.23. The minimum absolute atomic E-state index is 0.00825. The molecule has 0 saturated carbocycles. The van der Waals surface area contributed by atoms with E-state index in [4.69, 9.17) is 23.2 Å².